The van der Waals surface area contributed by atoms with Gasteiger partial charge in [-0.05, 0) is 60.1 Å². The lowest BCUT2D eigenvalue weighted by atomic mass is 9.89. The predicted octanol–water partition coefficient (Wildman–Crippen LogP) is -0.00760. The number of aromatic nitrogens is 2. The Bertz CT molecular complexity index is 1360. The molecule has 5 aliphatic heterocycles. The number of allylic oxidation sites excluding steroid dienone is 4. The molecule has 116 valence electrons. The smallest absolute Gasteiger partial charge is 0.257 e. The van der Waals surface area contributed by atoms with Gasteiger partial charge in [-0.3, -0.25) is 9.13 Å². The van der Waals surface area contributed by atoms with Crippen molar-refractivity contribution in [1.82, 2.24) is 9.13 Å². The van der Waals surface area contributed by atoms with Crippen LogP contribution in [0.5, 0.6) is 0 Å². The van der Waals surface area contributed by atoms with Gasteiger partial charge < -0.3 is 0 Å². The van der Waals surface area contributed by atoms with E-state index in [0.717, 1.165) is 12.8 Å². The van der Waals surface area contributed by atoms with E-state index in [1.807, 2.05) is 0 Å². The van der Waals surface area contributed by atoms with Crippen LogP contribution < -0.4 is 21.4 Å². The maximum absolute atomic E-state index is 2.59. The molecule has 6 aliphatic rings. The zero-order valence-corrected chi connectivity index (χ0v) is 13.5. The Morgan fingerprint density at radius 1 is 0.760 bits per heavy atom. The van der Waals surface area contributed by atoms with Crippen molar-refractivity contribution in [3.05, 3.63) is 80.2 Å². The minimum absolute atomic E-state index is 0.287. The van der Waals surface area contributed by atoms with E-state index in [1.54, 1.807) is 0 Å². The predicted molar refractivity (Wildman–Crippen MR) is 96.3 cm³/mol. The van der Waals surface area contributed by atoms with Gasteiger partial charge in [-0.1, -0.05) is 6.08 Å². The Balaban J connectivity index is 1.81. The first-order chi connectivity index (χ1) is 12.4. The summed E-state index contributed by atoms with van der Waals surface area (Å²) >= 11 is 0. The van der Waals surface area contributed by atoms with Crippen LogP contribution in [-0.4, -0.2) is 19.4 Å². The molecule has 8 rings (SSSR count). The van der Waals surface area contributed by atoms with Crippen molar-refractivity contribution in [1.29, 1.82) is 0 Å². The monoisotopic (exact) mass is 320 g/mol. The van der Waals surface area contributed by atoms with Gasteiger partial charge >= 0.3 is 5.79 Å². The van der Waals surface area contributed by atoms with Gasteiger partial charge in [0, 0.05) is 12.2 Å². The topological polar surface area (TPSA) is 12.9 Å². The molecule has 1 atom stereocenters. The maximum Gasteiger partial charge on any atom is 0.363 e. The zero-order chi connectivity index (χ0) is 15.9. The number of rotatable bonds is 0. The fourth-order valence-corrected chi connectivity index (χ4v) is 5.87. The SMILES string of the molecule is C1=C2C=c3ccc4n3C35C2=C(C=c2ccc(n23)=CC2=CCC(=[N+]25)C=4)C1. The highest BCUT2D eigenvalue weighted by molar-refractivity contribution is 6.09. The highest BCUT2D eigenvalue weighted by Gasteiger charge is 2.61. The molecular formula is C22H14N3+. The van der Waals surface area contributed by atoms with Crippen LogP contribution in [0.15, 0.2) is 58.8 Å². The Labute approximate surface area is 143 Å². The molecule has 2 aromatic rings. The second-order valence-electron chi connectivity index (χ2n) is 7.67. The first kappa shape index (κ1) is 11.5. The normalized spacial score (nSPS) is 27.7. The van der Waals surface area contributed by atoms with E-state index in [1.165, 1.54) is 49.5 Å². The van der Waals surface area contributed by atoms with Crippen LogP contribution in [0, 0.1) is 0 Å². The third-order valence-electron chi connectivity index (χ3n) is 6.61. The third kappa shape index (κ3) is 0.948. The van der Waals surface area contributed by atoms with Crippen molar-refractivity contribution in [3.63, 3.8) is 0 Å². The summed E-state index contributed by atoms with van der Waals surface area (Å²) in [7, 11) is 0. The quantitative estimate of drug-likeness (QED) is 0.606. The molecule has 0 radical (unpaired) electrons. The molecule has 0 bridgehead atoms. The third-order valence-corrected chi connectivity index (χ3v) is 6.61. The fraction of sp³-hybridized carbons (Fsp3) is 0.136. The standard InChI is InChI=1S/C22H14N3/c1-2-14-10-16-4-6-18-12-20-8-7-19-11-17-5-3-15-9-13(1)21(14)22(23(15)17,24(16)18)25(19)20/h1,3-6,8-12H,2,7H2/q+1. The molecule has 7 heterocycles. The summed E-state index contributed by atoms with van der Waals surface area (Å²) < 4.78 is 7.70. The van der Waals surface area contributed by atoms with Gasteiger partial charge in [0.2, 0.25) is 5.70 Å². The minimum Gasteiger partial charge on any atom is -0.257 e. The lowest BCUT2D eigenvalue weighted by Crippen LogP contribution is -2.69. The van der Waals surface area contributed by atoms with Crippen molar-refractivity contribution in [2.75, 3.05) is 0 Å². The summed E-state index contributed by atoms with van der Waals surface area (Å²) in [6.45, 7) is 0. The molecule has 3 heteroatoms. The summed E-state index contributed by atoms with van der Waals surface area (Å²) in [6.07, 6.45) is 16.3. The second-order valence-corrected chi connectivity index (χ2v) is 7.67. The minimum atomic E-state index is -0.287. The Morgan fingerprint density at radius 3 is 2.32 bits per heavy atom. The molecule has 0 amide bonds. The number of hydrogen-bond acceptors (Lipinski definition) is 0. The maximum atomic E-state index is 2.59. The van der Waals surface area contributed by atoms with Gasteiger partial charge in [0.05, 0.1) is 33.4 Å². The van der Waals surface area contributed by atoms with Gasteiger partial charge in [0.15, 0.2) is 5.71 Å². The Hall–Kier alpha value is -3.07. The highest BCUT2D eigenvalue weighted by atomic mass is 15.5. The molecule has 0 fully saturated rings. The van der Waals surface area contributed by atoms with Crippen LogP contribution in [0.3, 0.4) is 0 Å². The van der Waals surface area contributed by atoms with E-state index >= 15 is 0 Å². The Kier molecular flexibility index (Phi) is 1.47. The largest absolute Gasteiger partial charge is 0.363 e. The molecule has 1 aliphatic carbocycles. The number of hydrogen-bond donors (Lipinski definition) is 0. The van der Waals surface area contributed by atoms with Crippen LogP contribution in [0.1, 0.15) is 12.8 Å². The molecule has 0 N–H and O–H groups in total. The lowest BCUT2D eigenvalue weighted by Gasteiger charge is -2.42. The molecule has 1 spiro atoms. The second kappa shape index (κ2) is 3.21. The summed E-state index contributed by atoms with van der Waals surface area (Å²) in [5.41, 5.74) is 7.12. The van der Waals surface area contributed by atoms with Gasteiger partial charge in [-0.2, -0.15) is 0 Å². The summed E-state index contributed by atoms with van der Waals surface area (Å²) in [5, 5.41) is 5.25. The van der Waals surface area contributed by atoms with E-state index in [9.17, 15) is 0 Å². The average Bonchev–Trinajstić information content (AvgIpc) is 3.38. The van der Waals surface area contributed by atoms with Crippen molar-refractivity contribution >= 4 is 30.0 Å². The van der Waals surface area contributed by atoms with Crippen LogP contribution in [0.4, 0.5) is 0 Å². The molecular weight excluding hydrogens is 306 g/mol. The van der Waals surface area contributed by atoms with Gasteiger partial charge in [0.25, 0.3) is 0 Å². The molecule has 0 saturated carbocycles. The van der Waals surface area contributed by atoms with Crippen LogP contribution in [0.25, 0.3) is 24.3 Å². The van der Waals surface area contributed by atoms with Crippen LogP contribution in [-0.2, 0) is 5.79 Å². The molecule has 0 aromatic carbocycles. The summed E-state index contributed by atoms with van der Waals surface area (Å²) in [6, 6.07) is 9.12. The van der Waals surface area contributed by atoms with Crippen molar-refractivity contribution in [2.24, 2.45) is 0 Å². The fourth-order valence-electron chi connectivity index (χ4n) is 5.87. The molecule has 3 nitrogen and oxygen atoms in total. The van der Waals surface area contributed by atoms with Crippen molar-refractivity contribution in [2.45, 2.75) is 18.6 Å². The van der Waals surface area contributed by atoms with Crippen LogP contribution in [0.2, 0.25) is 0 Å². The van der Waals surface area contributed by atoms with Gasteiger partial charge in [-0.15, -0.1) is 4.58 Å². The van der Waals surface area contributed by atoms with Crippen LogP contribution >= 0.6 is 0 Å². The molecule has 2 aromatic heterocycles. The van der Waals surface area contributed by atoms with Crippen molar-refractivity contribution < 1.29 is 4.58 Å². The van der Waals surface area contributed by atoms with Crippen molar-refractivity contribution in [3.8, 4) is 0 Å². The first-order valence-electron chi connectivity index (χ1n) is 8.99. The highest BCUT2D eigenvalue weighted by Crippen LogP contribution is 2.47. The zero-order valence-electron chi connectivity index (χ0n) is 13.5. The van der Waals surface area contributed by atoms with E-state index in [4.69, 9.17) is 0 Å². The summed E-state index contributed by atoms with van der Waals surface area (Å²) in [5.74, 6) is -0.287. The van der Waals surface area contributed by atoms with E-state index in [0.29, 0.717) is 0 Å². The van der Waals surface area contributed by atoms with Gasteiger partial charge in [-0.25, -0.2) is 0 Å². The lowest BCUT2D eigenvalue weighted by molar-refractivity contribution is -0.590. The first-order valence-corrected chi connectivity index (χ1v) is 8.99. The average molecular weight is 320 g/mol. The van der Waals surface area contributed by atoms with E-state index in [-0.39, 0.29) is 5.79 Å². The van der Waals surface area contributed by atoms with E-state index < -0.39 is 0 Å². The summed E-state index contributed by atoms with van der Waals surface area (Å²) in [4.78, 5) is 0. The molecule has 25 heavy (non-hydrogen) atoms. The van der Waals surface area contributed by atoms with Gasteiger partial charge in [0.1, 0.15) is 0 Å². The number of nitrogens with zero attached hydrogens (tertiary/aromatic N) is 3. The molecule has 0 saturated heterocycles. The van der Waals surface area contributed by atoms with E-state index in [2.05, 4.69) is 74.4 Å². The Morgan fingerprint density at radius 2 is 1.48 bits per heavy atom. The molecule has 1 unspecified atom stereocenters.